The normalized spacial score (nSPS) is 10.9. The molecule has 9 nitrogen and oxygen atoms in total. The summed E-state index contributed by atoms with van der Waals surface area (Å²) in [6.07, 6.45) is 2.57. The summed E-state index contributed by atoms with van der Waals surface area (Å²) in [4.78, 5) is 4.38. The zero-order chi connectivity index (χ0) is 22.2. The summed E-state index contributed by atoms with van der Waals surface area (Å²) in [5.74, 6) is 0.601. The van der Waals surface area contributed by atoms with E-state index in [1.807, 2.05) is 25.1 Å². The van der Waals surface area contributed by atoms with Gasteiger partial charge in [0.2, 0.25) is 5.82 Å². The van der Waals surface area contributed by atoms with Crippen LogP contribution >= 0.6 is 0 Å². The van der Waals surface area contributed by atoms with Crippen molar-refractivity contribution in [2.75, 3.05) is 13.2 Å². The van der Waals surface area contributed by atoms with Crippen molar-refractivity contribution < 1.29 is 9.47 Å². The van der Waals surface area contributed by atoms with Crippen LogP contribution in [0.5, 0.6) is 12.0 Å². The topological polar surface area (TPSA) is 104 Å². The molecule has 166 valence electrons. The van der Waals surface area contributed by atoms with Crippen LogP contribution in [0.4, 0.5) is 0 Å². The van der Waals surface area contributed by atoms with Crippen LogP contribution in [-0.4, -0.2) is 48.6 Å². The predicted octanol–water partition coefficient (Wildman–Crippen LogP) is 3.67. The van der Waals surface area contributed by atoms with Gasteiger partial charge in [-0.15, -0.1) is 20.3 Å². The fourth-order valence-corrected chi connectivity index (χ4v) is 3.29. The molecule has 0 bridgehead atoms. The number of ether oxygens (including phenoxy) is 2. The second-order valence-corrected chi connectivity index (χ2v) is 7.42. The highest BCUT2D eigenvalue weighted by Gasteiger charge is 2.13. The molecule has 0 saturated carbocycles. The minimum atomic E-state index is 0.354. The molecule has 1 N–H and O–H groups in total. The van der Waals surface area contributed by atoms with E-state index in [-0.39, 0.29) is 0 Å². The number of H-pyrrole nitrogens is 1. The van der Waals surface area contributed by atoms with Gasteiger partial charge in [0.15, 0.2) is 0 Å². The molecule has 4 rings (SSSR count). The van der Waals surface area contributed by atoms with Gasteiger partial charge in [-0.1, -0.05) is 62.4 Å². The summed E-state index contributed by atoms with van der Waals surface area (Å²) in [6, 6.07) is 17.4. The SMILES string of the molecule is CCCOc1nc(OCCC)n(Cc2ccc(Cc3ccccc3-c3nn[nH]n3)cc2)n1. The van der Waals surface area contributed by atoms with Crippen LogP contribution in [0.1, 0.15) is 43.4 Å². The maximum Gasteiger partial charge on any atom is 0.338 e. The molecule has 32 heavy (non-hydrogen) atoms. The Balaban J connectivity index is 1.48. The molecule has 0 atom stereocenters. The van der Waals surface area contributed by atoms with Crippen molar-refractivity contribution in [3.05, 3.63) is 65.2 Å². The molecule has 0 aliphatic rings. The second kappa shape index (κ2) is 10.5. The second-order valence-electron chi connectivity index (χ2n) is 7.42. The van der Waals surface area contributed by atoms with E-state index < -0.39 is 0 Å². The van der Waals surface area contributed by atoms with Gasteiger partial charge in [0.05, 0.1) is 19.8 Å². The molecule has 0 aliphatic heterocycles. The van der Waals surface area contributed by atoms with E-state index in [0.29, 0.717) is 37.6 Å². The Bertz CT molecular complexity index is 1110. The van der Waals surface area contributed by atoms with Gasteiger partial charge in [-0.3, -0.25) is 0 Å². The summed E-state index contributed by atoms with van der Waals surface area (Å²) in [7, 11) is 0. The molecule has 0 spiro atoms. The van der Waals surface area contributed by atoms with Crippen LogP contribution in [0, 0.1) is 0 Å². The van der Waals surface area contributed by atoms with E-state index in [2.05, 4.69) is 68.0 Å². The van der Waals surface area contributed by atoms with Crippen molar-refractivity contribution in [2.24, 2.45) is 0 Å². The third-order valence-electron chi connectivity index (χ3n) is 4.84. The number of rotatable bonds is 11. The minimum Gasteiger partial charge on any atom is -0.464 e. The van der Waals surface area contributed by atoms with Crippen molar-refractivity contribution in [1.29, 1.82) is 0 Å². The molecule has 9 heteroatoms. The van der Waals surface area contributed by atoms with Crippen molar-refractivity contribution >= 4 is 0 Å². The largest absolute Gasteiger partial charge is 0.464 e. The lowest BCUT2D eigenvalue weighted by Gasteiger charge is -2.09. The summed E-state index contributed by atoms with van der Waals surface area (Å²) < 4.78 is 13.1. The lowest BCUT2D eigenvalue weighted by Crippen LogP contribution is -2.07. The number of nitrogens with zero attached hydrogens (tertiary/aromatic N) is 6. The summed E-state index contributed by atoms with van der Waals surface area (Å²) in [5, 5.41) is 18.9. The number of tetrazole rings is 1. The lowest BCUT2D eigenvalue weighted by molar-refractivity contribution is 0.273. The van der Waals surface area contributed by atoms with Crippen LogP contribution < -0.4 is 9.47 Å². The fraction of sp³-hybridized carbons (Fsp3) is 0.348. The maximum atomic E-state index is 5.76. The highest BCUT2D eigenvalue weighted by molar-refractivity contribution is 5.60. The van der Waals surface area contributed by atoms with Gasteiger partial charge in [-0.2, -0.15) is 5.21 Å². The third kappa shape index (κ3) is 5.29. The van der Waals surface area contributed by atoms with Gasteiger partial charge in [0, 0.05) is 5.56 Å². The first-order chi connectivity index (χ1) is 15.8. The van der Waals surface area contributed by atoms with Gasteiger partial charge < -0.3 is 9.47 Å². The van der Waals surface area contributed by atoms with E-state index in [1.54, 1.807) is 4.68 Å². The average molecular weight is 434 g/mol. The molecule has 0 unspecified atom stereocenters. The van der Waals surface area contributed by atoms with Crippen molar-refractivity contribution in [2.45, 2.75) is 39.7 Å². The molecule has 2 aromatic carbocycles. The van der Waals surface area contributed by atoms with E-state index in [9.17, 15) is 0 Å². The predicted molar refractivity (Wildman–Crippen MR) is 120 cm³/mol. The van der Waals surface area contributed by atoms with Crippen molar-refractivity contribution in [3.63, 3.8) is 0 Å². The zero-order valence-corrected chi connectivity index (χ0v) is 18.4. The molecule has 0 saturated heterocycles. The van der Waals surface area contributed by atoms with Gasteiger partial charge in [-0.25, -0.2) is 4.68 Å². The standard InChI is InChI=1S/C23H27N7O2/c1-3-13-31-22-24-23(32-14-4-2)30(27-22)16-18-11-9-17(10-12-18)15-19-7-5-6-8-20(19)21-25-28-29-26-21/h5-12H,3-4,13-16H2,1-2H3,(H,25,26,28,29). The number of aromatic amines is 1. The van der Waals surface area contributed by atoms with Gasteiger partial charge in [0.25, 0.3) is 0 Å². The first-order valence-corrected chi connectivity index (χ1v) is 10.9. The number of aromatic nitrogens is 7. The molecule has 2 aromatic heterocycles. The van der Waals surface area contributed by atoms with Gasteiger partial charge in [0.1, 0.15) is 0 Å². The highest BCUT2D eigenvalue weighted by atomic mass is 16.5. The Hall–Kier alpha value is -3.75. The minimum absolute atomic E-state index is 0.354. The van der Waals surface area contributed by atoms with Crippen LogP contribution in [0.25, 0.3) is 11.4 Å². The number of hydrogen-bond donors (Lipinski definition) is 1. The van der Waals surface area contributed by atoms with Crippen LogP contribution in [0.2, 0.25) is 0 Å². The Labute approximate surface area is 186 Å². The third-order valence-corrected chi connectivity index (χ3v) is 4.84. The average Bonchev–Trinajstić information content (AvgIpc) is 3.48. The van der Waals surface area contributed by atoms with Crippen molar-refractivity contribution in [3.8, 4) is 23.4 Å². The summed E-state index contributed by atoms with van der Waals surface area (Å²) in [6.45, 7) is 5.83. The molecular formula is C23H27N7O2. The monoisotopic (exact) mass is 433 g/mol. The van der Waals surface area contributed by atoms with E-state index >= 15 is 0 Å². The summed E-state index contributed by atoms with van der Waals surface area (Å²) >= 11 is 0. The number of benzene rings is 2. The summed E-state index contributed by atoms with van der Waals surface area (Å²) in [5.41, 5.74) is 4.42. The quantitative estimate of drug-likeness (QED) is 0.385. The van der Waals surface area contributed by atoms with Crippen LogP contribution in [0.15, 0.2) is 48.5 Å². The molecule has 2 heterocycles. The Morgan fingerprint density at radius 2 is 1.66 bits per heavy atom. The Morgan fingerprint density at radius 1 is 0.906 bits per heavy atom. The van der Waals surface area contributed by atoms with Crippen LogP contribution in [-0.2, 0) is 13.0 Å². The number of nitrogens with one attached hydrogen (secondary N) is 1. The van der Waals surface area contributed by atoms with Gasteiger partial charge in [-0.05, 0) is 41.2 Å². The van der Waals surface area contributed by atoms with Crippen LogP contribution in [0.3, 0.4) is 0 Å². The van der Waals surface area contributed by atoms with E-state index in [1.165, 1.54) is 5.56 Å². The van der Waals surface area contributed by atoms with Gasteiger partial charge >= 0.3 is 12.0 Å². The maximum absolute atomic E-state index is 5.76. The first kappa shape index (κ1) is 21.5. The molecule has 4 aromatic rings. The Morgan fingerprint density at radius 3 is 2.41 bits per heavy atom. The Kier molecular flexibility index (Phi) is 7.06. The molecule has 0 fully saturated rings. The van der Waals surface area contributed by atoms with E-state index in [4.69, 9.17) is 9.47 Å². The van der Waals surface area contributed by atoms with E-state index in [0.717, 1.165) is 36.0 Å². The molecular weight excluding hydrogens is 406 g/mol. The first-order valence-electron chi connectivity index (χ1n) is 10.9. The highest BCUT2D eigenvalue weighted by Crippen LogP contribution is 2.23. The molecule has 0 radical (unpaired) electrons. The number of hydrogen-bond acceptors (Lipinski definition) is 7. The molecule has 0 aliphatic carbocycles. The van der Waals surface area contributed by atoms with Crippen molar-refractivity contribution in [1.82, 2.24) is 35.4 Å². The lowest BCUT2D eigenvalue weighted by atomic mass is 9.98. The fourth-order valence-electron chi connectivity index (χ4n) is 3.29. The smallest absolute Gasteiger partial charge is 0.338 e. The zero-order valence-electron chi connectivity index (χ0n) is 18.4. The molecule has 0 amide bonds.